The topological polar surface area (TPSA) is 76.3 Å². The zero-order valence-electron chi connectivity index (χ0n) is 18.0. The number of rotatable bonds is 6. The molecule has 0 amide bonds. The van der Waals surface area contributed by atoms with Crippen molar-refractivity contribution >= 4 is 17.3 Å². The zero-order chi connectivity index (χ0) is 22.2. The molecule has 0 bridgehead atoms. The van der Waals surface area contributed by atoms with Gasteiger partial charge in [-0.1, -0.05) is 6.92 Å². The van der Waals surface area contributed by atoms with Gasteiger partial charge >= 0.3 is 5.97 Å². The zero-order valence-corrected chi connectivity index (χ0v) is 18.0. The van der Waals surface area contributed by atoms with Crippen LogP contribution < -0.4 is 9.64 Å². The minimum Gasteiger partial charge on any atom is -0.488 e. The van der Waals surface area contributed by atoms with Gasteiger partial charge in [-0.05, 0) is 49.6 Å². The minimum absolute atomic E-state index is 0.0260. The van der Waals surface area contributed by atoms with Crippen molar-refractivity contribution in [3.05, 3.63) is 59.3 Å². The lowest BCUT2D eigenvalue weighted by molar-refractivity contribution is 0.0688. The van der Waals surface area contributed by atoms with Gasteiger partial charge in [-0.15, -0.1) is 0 Å². The predicted octanol–water partition coefficient (Wildman–Crippen LogP) is 4.24. The van der Waals surface area contributed by atoms with Crippen LogP contribution in [0.5, 0.6) is 5.75 Å². The number of hydrogen-bond donors (Lipinski definition) is 1. The number of aryl methyl sites for hydroxylation is 1. The van der Waals surface area contributed by atoms with Crippen LogP contribution in [0.4, 0.5) is 10.1 Å². The normalized spacial score (nSPS) is 20.9. The van der Waals surface area contributed by atoms with Gasteiger partial charge in [0.15, 0.2) is 5.69 Å². The summed E-state index contributed by atoms with van der Waals surface area (Å²) >= 11 is 0. The number of aromatic carboxylic acids is 1. The number of aromatic nitrogens is 2. The number of imidazole rings is 1. The fourth-order valence-electron chi connectivity index (χ4n) is 4.80. The number of ether oxygens (including phenoxy) is 2. The predicted molar refractivity (Wildman–Crippen MR) is 117 cm³/mol. The Balaban J connectivity index is 1.53. The quantitative estimate of drug-likeness (QED) is 0.619. The standard InChI is InChI=1S/C24H26FN3O4/c1-2-19-23(24(29)30)28-13-16(6-8-22(28)26-19)27-10-3-4-20(27)18-12-15(25)5-7-21(18)32-17-9-11-31-14-17/h5-8,12-13,17,20H,2-4,9-11,14H2,1H3,(H,29,30). The lowest BCUT2D eigenvalue weighted by atomic mass is 10.0. The number of fused-ring (bicyclic) bond motifs is 1. The van der Waals surface area contributed by atoms with Crippen molar-refractivity contribution in [1.29, 1.82) is 0 Å². The van der Waals surface area contributed by atoms with Gasteiger partial charge in [0.2, 0.25) is 0 Å². The monoisotopic (exact) mass is 439 g/mol. The second-order valence-corrected chi connectivity index (χ2v) is 8.32. The first-order valence-electron chi connectivity index (χ1n) is 11.1. The van der Waals surface area contributed by atoms with Crippen LogP contribution in [0.3, 0.4) is 0 Å². The van der Waals surface area contributed by atoms with Crippen molar-refractivity contribution in [3.8, 4) is 5.75 Å². The molecule has 2 unspecified atom stereocenters. The molecule has 3 aromatic rings. The molecule has 0 saturated carbocycles. The van der Waals surface area contributed by atoms with E-state index in [1.807, 2.05) is 25.3 Å². The van der Waals surface area contributed by atoms with E-state index in [1.54, 1.807) is 16.5 Å². The van der Waals surface area contributed by atoms with Crippen molar-refractivity contribution in [2.24, 2.45) is 0 Å². The van der Waals surface area contributed by atoms with E-state index in [4.69, 9.17) is 9.47 Å². The van der Waals surface area contributed by atoms with E-state index in [-0.39, 0.29) is 23.7 Å². The second-order valence-electron chi connectivity index (χ2n) is 8.32. The maximum atomic E-state index is 14.3. The molecule has 2 aliphatic rings. The van der Waals surface area contributed by atoms with Crippen molar-refractivity contribution < 1.29 is 23.8 Å². The molecule has 168 valence electrons. The van der Waals surface area contributed by atoms with Crippen LogP contribution in [0, 0.1) is 5.82 Å². The molecule has 0 aliphatic carbocycles. The average Bonchev–Trinajstić information content (AvgIpc) is 3.53. The van der Waals surface area contributed by atoms with Crippen molar-refractivity contribution in [2.75, 3.05) is 24.7 Å². The minimum atomic E-state index is -0.996. The SMILES string of the molecule is CCc1nc2ccc(N3CCCC3c3cc(F)ccc3OC3CCOC3)cn2c1C(=O)O. The summed E-state index contributed by atoms with van der Waals surface area (Å²) in [5.41, 5.74) is 3.05. The summed E-state index contributed by atoms with van der Waals surface area (Å²) in [4.78, 5) is 18.5. The molecule has 1 aromatic carbocycles. The van der Waals surface area contributed by atoms with Crippen LogP contribution in [-0.2, 0) is 11.2 Å². The molecular formula is C24H26FN3O4. The van der Waals surface area contributed by atoms with Crippen LogP contribution in [-0.4, -0.2) is 46.3 Å². The second kappa shape index (κ2) is 8.43. The molecule has 2 aliphatic heterocycles. The largest absolute Gasteiger partial charge is 0.488 e. The van der Waals surface area contributed by atoms with Crippen LogP contribution >= 0.6 is 0 Å². The Kier molecular flexibility index (Phi) is 5.46. The Hall–Kier alpha value is -3.13. The van der Waals surface area contributed by atoms with E-state index in [9.17, 15) is 14.3 Å². The summed E-state index contributed by atoms with van der Waals surface area (Å²) in [7, 11) is 0. The van der Waals surface area contributed by atoms with Gasteiger partial charge in [0, 0.05) is 24.7 Å². The Morgan fingerprint density at radius 2 is 2.19 bits per heavy atom. The third kappa shape index (κ3) is 3.68. The first-order valence-corrected chi connectivity index (χ1v) is 11.1. The molecular weight excluding hydrogens is 413 g/mol. The van der Waals surface area contributed by atoms with Gasteiger partial charge < -0.3 is 19.5 Å². The van der Waals surface area contributed by atoms with Gasteiger partial charge in [-0.25, -0.2) is 14.2 Å². The average molecular weight is 439 g/mol. The lowest BCUT2D eigenvalue weighted by Gasteiger charge is -2.29. The molecule has 32 heavy (non-hydrogen) atoms. The molecule has 0 spiro atoms. The number of anilines is 1. The van der Waals surface area contributed by atoms with Crippen molar-refractivity contribution in [3.63, 3.8) is 0 Å². The summed E-state index contributed by atoms with van der Waals surface area (Å²) in [5, 5.41) is 9.73. The molecule has 1 N–H and O–H groups in total. The van der Waals surface area contributed by atoms with E-state index < -0.39 is 5.97 Å². The molecule has 2 atom stereocenters. The summed E-state index contributed by atoms with van der Waals surface area (Å²) in [5.74, 6) is -0.612. The lowest BCUT2D eigenvalue weighted by Crippen LogP contribution is -2.25. The molecule has 2 saturated heterocycles. The fourth-order valence-corrected chi connectivity index (χ4v) is 4.80. The highest BCUT2D eigenvalue weighted by Gasteiger charge is 2.31. The number of carbonyl (C=O) groups is 1. The van der Waals surface area contributed by atoms with Gasteiger partial charge in [-0.2, -0.15) is 0 Å². The van der Waals surface area contributed by atoms with Crippen LogP contribution in [0.15, 0.2) is 36.5 Å². The summed E-state index contributed by atoms with van der Waals surface area (Å²) in [6, 6.07) is 8.42. The molecule has 2 aromatic heterocycles. The number of pyridine rings is 1. The maximum Gasteiger partial charge on any atom is 0.354 e. The highest BCUT2D eigenvalue weighted by molar-refractivity contribution is 5.88. The number of nitrogens with zero attached hydrogens (tertiary/aromatic N) is 3. The number of halogens is 1. The van der Waals surface area contributed by atoms with Gasteiger partial charge in [-0.3, -0.25) is 4.40 Å². The van der Waals surface area contributed by atoms with Crippen molar-refractivity contribution in [1.82, 2.24) is 9.38 Å². The van der Waals surface area contributed by atoms with Crippen LogP contribution in [0.2, 0.25) is 0 Å². The highest BCUT2D eigenvalue weighted by Crippen LogP contribution is 2.41. The van der Waals surface area contributed by atoms with Crippen LogP contribution in [0.25, 0.3) is 5.65 Å². The van der Waals surface area contributed by atoms with Crippen molar-refractivity contribution in [2.45, 2.75) is 44.8 Å². The highest BCUT2D eigenvalue weighted by atomic mass is 19.1. The third-order valence-electron chi connectivity index (χ3n) is 6.31. The van der Waals surface area contributed by atoms with E-state index in [1.165, 1.54) is 6.07 Å². The first kappa shape index (κ1) is 20.8. The van der Waals surface area contributed by atoms with E-state index >= 15 is 0 Å². The van der Waals surface area contributed by atoms with E-state index in [0.717, 1.165) is 37.1 Å². The molecule has 8 heteroatoms. The summed E-state index contributed by atoms with van der Waals surface area (Å²) < 4.78 is 27.5. The van der Waals surface area contributed by atoms with Gasteiger partial charge in [0.05, 0.1) is 30.6 Å². The smallest absolute Gasteiger partial charge is 0.354 e. The first-order chi connectivity index (χ1) is 15.5. The Labute approximate surface area is 185 Å². The summed E-state index contributed by atoms with van der Waals surface area (Å²) in [6.45, 7) is 3.90. The number of hydrogen-bond acceptors (Lipinski definition) is 5. The Bertz CT molecular complexity index is 1160. The van der Waals surface area contributed by atoms with E-state index in [2.05, 4.69) is 9.88 Å². The van der Waals surface area contributed by atoms with Crippen LogP contribution in [0.1, 0.15) is 54.0 Å². The summed E-state index contributed by atoms with van der Waals surface area (Å²) in [6.07, 6.45) is 4.96. The number of benzene rings is 1. The number of carboxylic acid groups (broad SMARTS) is 1. The molecule has 5 rings (SSSR count). The number of carboxylic acids is 1. The molecule has 4 heterocycles. The fraction of sp³-hybridized carbons (Fsp3) is 0.417. The van der Waals surface area contributed by atoms with E-state index in [0.29, 0.717) is 36.7 Å². The maximum absolute atomic E-state index is 14.3. The Morgan fingerprint density at radius 1 is 1.31 bits per heavy atom. The molecule has 0 radical (unpaired) electrons. The molecule has 2 fully saturated rings. The van der Waals surface area contributed by atoms with Gasteiger partial charge in [0.25, 0.3) is 0 Å². The Morgan fingerprint density at radius 3 is 2.94 bits per heavy atom. The third-order valence-corrected chi connectivity index (χ3v) is 6.31. The molecule has 7 nitrogen and oxygen atoms in total. The van der Waals surface area contributed by atoms with Gasteiger partial charge in [0.1, 0.15) is 23.3 Å².